The maximum Gasteiger partial charge on any atom is 0.471 e. The van der Waals surface area contributed by atoms with Crippen molar-refractivity contribution in [1.82, 2.24) is 25.2 Å². The van der Waals surface area contributed by atoms with Gasteiger partial charge < -0.3 is 15.1 Å². The van der Waals surface area contributed by atoms with Gasteiger partial charge in [-0.2, -0.15) is 13.2 Å². The molecule has 0 saturated carbocycles. The van der Waals surface area contributed by atoms with Crippen LogP contribution in [-0.2, 0) is 4.79 Å². The Kier molecular flexibility index (Phi) is 7.19. The van der Waals surface area contributed by atoms with Gasteiger partial charge in [0.2, 0.25) is 0 Å². The summed E-state index contributed by atoms with van der Waals surface area (Å²) in [4.78, 5) is 39.6. The number of urea groups is 1. The smallest absolute Gasteiger partial charge is 0.349 e. The first kappa shape index (κ1) is 26.5. The van der Waals surface area contributed by atoms with E-state index in [0.29, 0.717) is 24.3 Å². The molecule has 3 amide bonds. The molecule has 2 aliphatic rings. The molecule has 1 aromatic carbocycles. The number of alkyl halides is 3. The zero-order valence-electron chi connectivity index (χ0n) is 20.5. The third-order valence-electron chi connectivity index (χ3n) is 6.92. The van der Waals surface area contributed by atoms with Gasteiger partial charge in [0.25, 0.3) is 0 Å². The van der Waals surface area contributed by atoms with Gasteiger partial charge >= 0.3 is 18.1 Å². The molecule has 0 spiro atoms. The summed E-state index contributed by atoms with van der Waals surface area (Å²) in [5, 5.41) is 5.31. The van der Waals surface area contributed by atoms with E-state index in [9.17, 15) is 31.5 Å². The molecule has 2 N–H and O–H groups in total. The number of carbonyl (C=O) groups is 2. The molecule has 0 radical (unpaired) electrons. The van der Waals surface area contributed by atoms with Crippen LogP contribution in [0.25, 0.3) is 11.0 Å². The first-order valence-corrected chi connectivity index (χ1v) is 12.4. The van der Waals surface area contributed by atoms with Gasteiger partial charge in [-0.05, 0) is 56.0 Å². The Morgan fingerprint density at radius 2 is 1.74 bits per heavy atom. The lowest BCUT2D eigenvalue weighted by Crippen LogP contribution is -2.50. The monoisotopic (exact) mass is 549 g/mol. The van der Waals surface area contributed by atoms with E-state index in [0.717, 1.165) is 23.5 Å². The van der Waals surface area contributed by atoms with Crippen molar-refractivity contribution in [2.45, 2.75) is 43.9 Å². The molecule has 1 atom stereocenters. The molecule has 39 heavy (non-hydrogen) atoms. The van der Waals surface area contributed by atoms with E-state index in [4.69, 9.17) is 0 Å². The van der Waals surface area contributed by atoms with E-state index in [-0.39, 0.29) is 42.8 Å². The van der Waals surface area contributed by atoms with Crippen LogP contribution in [-0.4, -0.2) is 63.6 Å². The number of halogens is 5. The molecule has 0 bridgehead atoms. The number of amides is 3. The molecule has 9 nitrogen and oxygen atoms in total. The largest absolute Gasteiger partial charge is 0.471 e. The molecule has 2 aromatic heterocycles. The Labute approximate surface area is 219 Å². The average molecular weight is 550 g/mol. The van der Waals surface area contributed by atoms with Crippen LogP contribution in [0.1, 0.15) is 37.3 Å². The second-order valence-corrected chi connectivity index (χ2v) is 9.44. The molecule has 14 heteroatoms. The molecule has 1 unspecified atom stereocenters. The highest BCUT2D eigenvalue weighted by Gasteiger charge is 2.43. The molecule has 5 rings (SSSR count). The van der Waals surface area contributed by atoms with Crippen molar-refractivity contribution in [3.8, 4) is 0 Å². The van der Waals surface area contributed by atoms with Gasteiger partial charge in [0.05, 0.1) is 11.6 Å². The van der Waals surface area contributed by atoms with Crippen LogP contribution in [0.2, 0.25) is 0 Å². The number of aromatic nitrogens is 3. The lowest BCUT2D eigenvalue weighted by atomic mass is 10.0. The van der Waals surface area contributed by atoms with Crippen LogP contribution in [0, 0.1) is 11.6 Å². The lowest BCUT2D eigenvalue weighted by Gasteiger charge is -2.32. The van der Waals surface area contributed by atoms with E-state index >= 15 is 0 Å². The molecule has 3 aromatic rings. The minimum atomic E-state index is -4.93. The molecule has 2 fully saturated rings. The SMILES string of the molecule is O=C(Nc1ncnc2ccc(N3CCCC3c3cc(F)ccc3F)nc12)NC1CCN(C(=O)C(F)(F)F)CC1. The van der Waals surface area contributed by atoms with Crippen molar-refractivity contribution in [2.75, 3.05) is 29.9 Å². The summed E-state index contributed by atoms with van der Waals surface area (Å²) >= 11 is 0. The highest BCUT2D eigenvalue weighted by molar-refractivity contribution is 5.97. The maximum absolute atomic E-state index is 14.5. The van der Waals surface area contributed by atoms with E-state index in [1.807, 2.05) is 4.90 Å². The quantitative estimate of drug-likeness (QED) is 0.470. The number of nitrogens with one attached hydrogen (secondary N) is 2. The van der Waals surface area contributed by atoms with Gasteiger partial charge in [0.1, 0.15) is 29.3 Å². The molecular weight excluding hydrogens is 525 g/mol. The van der Waals surface area contributed by atoms with Gasteiger partial charge in [-0.15, -0.1) is 0 Å². The Morgan fingerprint density at radius 1 is 0.974 bits per heavy atom. The average Bonchev–Trinajstić information content (AvgIpc) is 3.39. The third-order valence-corrected chi connectivity index (χ3v) is 6.92. The van der Waals surface area contributed by atoms with Gasteiger partial charge in [0, 0.05) is 31.2 Å². The van der Waals surface area contributed by atoms with Crippen molar-refractivity contribution < 1.29 is 31.5 Å². The Morgan fingerprint density at radius 3 is 2.49 bits per heavy atom. The fraction of sp³-hybridized carbons (Fsp3) is 0.400. The van der Waals surface area contributed by atoms with Crippen LogP contribution in [0.5, 0.6) is 0 Å². The van der Waals surface area contributed by atoms with Gasteiger partial charge in [-0.1, -0.05) is 0 Å². The molecule has 2 saturated heterocycles. The minimum Gasteiger partial charge on any atom is -0.349 e. The second kappa shape index (κ2) is 10.6. The zero-order valence-corrected chi connectivity index (χ0v) is 20.5. The number of hydrogen-bond acceptors (Lipinski definition) is 6. The highest BCUT2D eigenvalue weighted by Crippen LogP contribution is 2.37. The number of pyridine rings is 1. The second-order valence-electron chi connectivity index (χ2n) is 9.44. The van der Waals surface area contributed by atoms with E-state index in [1.165, 1.54) is 12.4 Å². The Hall–Kier alpha value is -4.10. The molecule has 206 valence electrons. The van der Waals surface area contributed by atoms with Crippen LogP contribution in [0.3, 0.4) is 0 Å². The van der Waals surface area contributed by atoms with Crippen molar-refractivity contribution in [3.63, 3.8) is 0 Å². The minimum absolute atomic E-state index is 0.108. The summed E-state index contributed by atoms with van der Waals surface area (Å²) in [5.41, 5.74) is 0.955. The fourth-order valence-electron chi connectivity index (χ4n) is 5.05. The van der Waals surface area contributed by atoms with Crippen LogP contribution in [0.4, 0.5) is 38.4 Å². The van der Waals surface area contributed by atoms with E-state index < -0.39 is 41.8 Å². The van der Waals surface area contributed by atoms with Crippen LogP contribution >= 0.6 is 0 Å². The number of rotatable bonds is 4. The number of fused-ring (bicyclic) bond motifs is 1. The first-order valence-electron chi connectivity index (χ1n) is 12.4. The Balaban J connectivity index is 1.29. The summed E-state index contributed by atoms with van der Waals surface area (Å²) in [6.07, 6.45) is -2.01. The molecular formula is C25H24F5N7O2. The Bertz CT molecular complexity index is 1390. The summed E-state index contributed by atoms with van der Waals surface area (Å²) in [6.45, 7) is 0.298. The number of hydrogen-bond donors (Lipinski definition) is 2. The normalized spacial score (nSPS) is 18.4. The van der Waals surface area contributed by atoms with Crippen molar-refractivity contribution in [3.05, 3.63) is 53.9 Å². The van der Waals surface area contributed by atoms with Crippen molar-refractivity contribution >= 4 is 34.6 Å². The van der Waals surface area contributed by atoms with Crippen molar-refractivity contribution in [2.24, 2.45) is 0 Å². The standard InChI is InChI=1S/C25H24F5N7O2/c26-14-3-4-17(27)16(12-14)19-2-1-9-37(19)20-6-5-18-21(34-20)22(32-13-31-18)35-24(39)33-15-7-10-36(11-8-15)23(38)25(28,29)30/h3-6,12-13,15,19H,1-2,7-11H2,(H2,31,32,33,35,39). The summed E-state index contributed by atoms with van der Waals surface area (Å²) in [6, 6.07) is 5.25. The number of carbonyl (C=O) groups excluding carboxylic acids is 2. The van der Waals surface area contributed by atoms with Gasteiger partial charge in [-0.3, -0.25) is 10.1 Å². The topological polar surface area (TPSA) is 103 Å². The molecule has 4 heterocycles. The summed E-state index contributed by atoms with van der Waals surface area (Å²) < 4.78 is 66.3. The van der Waals surface area contributed by atoms with Gasteiger partial charge in [-0.25, -0.2) is 28.5 Å². The van der Waals surface area contributed by atoms with Gasteiger partial charge in [0.15, 0.2) is 5.82 Å². The number of piperidine rings is 1. The van der Waals surface area contributed by atoms with Crippen molar-refractivity contribution in [1.29, 1.82) is 0 Å². The zero-order chi connectivity index (χ0) is 27.7. The lowest BCUT2D eigenvalue weighted by molar-refractivity contribution is -0.186. The number of anilines is 2. The van der Waals surface area contributed by atoms with E-state index in [1.54, 1.807) is 12.1 Å². The number of nitrogens with zero attached hydrogens (tertiary/aromatic N) is 5. The highest BCUT2D eigenvalue weighted by atomic mass is 19.4. The summed E-state index contributed by atoms with van der Waals surface area (Å²) in [7, 11) is 0. The predicted molar refractivity (Wildman–Crippen MR) is 131 cm³/mol. The number of benzene rings is 1. The number of likely N-dealkylation sites (tertiary alicyclic amines) is 1. The van der Waals surface area contributed by atoms with E-state index in [2.05, 4.69) is 25.6 Å². The fourth-order valence-corrected chi connectivity index (χ4v) is 5.05. The van der Waals surface area contributed by atoms with Crippen LogP contribution in [0.15, 0.2) is 36.7 Å². The first-order chi connectivity index (χ1) is 18.6. The maximum atomic E-state index is 14.5. The molecule has 0 aliphatic carbocycles. The molecule has 2 aliphatic heterocycles. The third kappa shape index (κ3) is 5.68. The van der Waals surface area contributed by atoms with Crippen LogP contribution < -0.4 is 15.5 Å². The summed E-state index contributed by atoms with van der Waals surface area (Å²) in [5.74, 6) is -2.34. The predicted octanol–water partition coefficient (Wildman–Crippen LogP) is 4.32.